The lowest BCUT2D eigenvalue weighted by Gasteiger charge is -2.12. The summed E-state index contributed by atoms with van der Waals surface area (Å²) < 4.78 is 10.4. The Morgan fingerprint density at radius 2 is 1.76 bits per heavy atom. The topological polar surface area (TPSA) is 170 Å². The molecule has 212 valence electrons. The van der Waals surface area contributed by atoms with Crippen LogP contribution in [0.4, 0.5) is 0 Å². The van der Waals surface area contributed by atoms with E-state index in [0.717, 1.165) is 27.6 Å². The first-order valence-electron chi connectivity index (χ1n) is 13.0. The minimum absolute atomic E-state index is 0.138. The molecule has 4 aromatic rings. The number of nitrogens with two attached hydrogens (primary N) is 1. The van der Waals surface area contributed by atoms with E-state index in [9.17, 15) is 14.4 Å². The number of amides is 2. The molecule has 1 aliphatic rings. The number of hydrogen-bond acceptors (Lipinski definition) is 7. The van der Waals surface area contributed by atoms with Gasteiger partial charge in [0.25, 0.3) is 5.91 Å². The molecule has 0 radical (unpaired) electrons. The monoisotopic (exact) mass is 564 g/mol. The average Bonchev–Trinajstić information content (AvgIpc) is 3.40. The van der Waals surface area contributed by atoms with Crippen LogP contribution in [-0.2, 0) is 27.5 Å². The van der Waals surface area contributed by atoms with Gasteiger partial charge in [0, 0.05) is 28.5 Å². The molecule has 42 heavy (non-hydrogen) atoms. The van der Waals surface area contributed by atoms with Gasteiger partial charge >= 0.3 is 5.97 Å². The van der Waals surface area contributed by atoms with Gasteiger partial charge in [-0.05, 0) is 47.3 Å². The fourth-order valence-corrected chi connectivity index (χ4v) is 4.27. The maximum atomic E-state index is 11.6. The van der Waals surface area contributed by atoms with Gasteiger partial charge in [-0.2, -0.15) is 0 Å². The Morgan fingerprint density at radius 1 is 1.00 bits per heavy atom. The Labute approximate surface area is 241 Å². The van der Waals surface area contributed by atoms with Crippen LogP contribution in [0.3, 0.4) is 0 Å². The van der Waals surface area contributed by atoms with E-state index in [4.69, 9.17) is 16.0 Å². The Hall–Kier alpha value is -5.54. The second-order valence-electron chi connectivity index (χ2n) is 9.27. The second kappa shape index (κ2) is 14.2. The van der Waals surface area contributed by atoms with E-state index in [1.165, 1.54) is 13.3 Å². The van der Waals surface area contributed by atoms with Crippen LogP contribution in [0.2, 0.25) is 0 Å². The summed E-state index contributed by atoms with van der Waals surface area (Å²) in [5.41, 5.74) is 18.3. The van der Waals surface area contributed by atoms with Crippen LogP contribution >= 0.6 is 0 Å². The molecule has 5 rings (SSSR count). The number of fused-ring (bicyclic) bond motifs is 2. The lowest BCUT2D eigenvalue weighted by Crippen LogP contribution is -2.23. The third-order valence-corrected chi connectivity index (χ3v) is 6.53. The number of aromatic nitrogens is 1. The highest BCUT2D eigenvalue weighted by molar-refractivity contribution is 6.14. The molecule has 3 aromatic carbocycles. The number of carbonyl (C=O) groups is 3. The van der Waals surface area contributed by atoms with E-state index < -0.39 is 11.8 Å². The summed E-state index contributed by atoms with van der Waals surface area (Å²) in [4.78, 5) is 45.2. The number of methoxy groups -OCH3 is 1. The SMILES string of the molecule is COC(=O)CCC(C(N)=O)c1ccc2ccccc2n1.[N-]=[N+]=NCc1ccc(COc2cccc3c2C=NC3=O)cc1. The fraction of sp³-hybridized carbons (Fsp3) is 0.194. The van der Waals surface area contributed by atoms with Gasteiger partial charge in [0.1, 0.15) is 12.4 Å². The maximum absolute atomic E-state index is 11.6. The molecule has 11 heteroatoms. The van der Waals surface area contributed by atoms with E-state index >= 15 is 0 Å². The molecule has 2 N–H and O–H groups in total. The molecule has 2 heterocycles. The number of benzene rings is 3. The minimum atomic E-state index is -0.585. The summed E-state index contributed by atoms with van der Waals surface area (Å²) in [5.74, 6) is -1.03. The van der Waals surface area contributed by atoms with Crippen molar-refractivity contribution in [1.82, 2.24) is 4.98 Å². The molecule has 1 aliphatic heterocycles. The normalized spacial score (nSPS) is 12.0. The van der Waals surface area contributed by atoms with Crippen molar-refractivity contribution in [3.8, 4) is 5.75 Å². The number of hydrogen-bond donors (Lipinski definition) is 1. The molecule has 11 nitrogen and oxygen atoms in total. The summed E-state index contributed by atoms with van der Waals surface area (Å²) in [6.45, 7) is 0.725. The zero-order valence-corrected chi connectivity index (χ0v) is 22.8. The van der Waals surface area contributed by atoms with Crippen molar-refractivity contribution in [1.29, 1.82) is 0 Å². The highest BCUT2D eigenvalue weighted by Gasteiger charge is 2.21. The predicted octanol–water partition coefficient (Wildman–Crippen LogP) is 5.41. The number of rotatable bonds is 10. The number of aliphatic imine (C=N–C) groups is 1. The number of esters is 1. The van der Waals surface area contributed by atoms with Crippen molar-refractivity contribution in [3.63, 3.8) is 0 Å². The zero-order chi connectivity index (χ0) is 29.9. The van der Waals surface area contributed by atoms with Crippen LogP contribution in [0.15, 0.2) is 89.0 Å². The number of primary amides is 1. The lowest BCUT2D eigenvalue weighted by molar-refractivity contribution is -0.140. The quantitative estimate of drug-likeness (QED) is 0.117. The standard InChI is InChI=1S/C16H12N4O2.C15H16N2O3/c17-20-19-8-11-4-6-12(7-5-11)10-22-15-3-1-2-13-14(15)9-18-16(13)21;1-20-14(18)9-7-11(15(16)19)13-8-6-10-4-2-3-5-12(10)17-13/h1-7,9H,8,10H2;2-6,8,11H,7,9H2,1H3,(H2,16,19). The van der Waals surface area contributed by atoms with Crippen molar-refractivity contribution in [2.45, 2.75) is 31.9 Å². The van der Waals surface area contributed by atoms with Crippen molar-refractivity contribution in [3.05, 3.63) is 117 Å². The Balaban J connectivity index is 0.000000194. The minimum Gasteiger partial charge on any atom is -0.488 e. The van der Waals surface area contributed by atoms with Crippen LogP contribution in [-0.4, -0.2) is 36.1 Å². The van der Waals surface area contributed by atoms with Crippen molar-refractivity contribution < 1.29 is 23.9 Å². The molecule has 0 aliphatic carbocycles. The number of carbonyl (C=O) groups excluding carboxylic acids is 3. The highest BCUT2D eigenvalue weighted by atomic mass is 16.5. The van der Waals surface area contributed by atoms with Crippen LogP contribution in [0.5, 0.6) is 5.75 Å². The van der Waals surface area contributed by atoms with E-state index in [0.29, 0.717) is 36.6 Å². The third kappa shape index (κ3) is 7.56. The second-order valence-corrected chi connectivity index (χ2v) is 9.27. The molecule has 0 bridgehead atoms. The van der Waals surface area contributed by atoms with Crippen LogP contribution in [0, 0.1) is 0 Å². The van der Waals surface area contributed by atoms with Gasteiger partial charge in [0.2, 0.25) is 5.91 Å². The summed E-state index contributed by atoms with van der Waals surface area (Å²) >= 11 is 0. The maximum Gasteiger partial charge on any atom is 0.305 e. The number of para-hydroxylation sites is 1. The molecular weight excluding hydrogens is 536 g/mol. The van der Waals surface area contributed by atoms with Crippen LogP contribution in [0.25, 0.3) is 21.3 Å². The van der Waals surface area contributed by atoms with Crippen molar-refractivity contribution >= 4 is 34.9 Å². The molecule has 1 unspecified atom stereocenters. The molecule has 0 saturated carbocycles. The summed E-state index contributed by atoms with van der Waals surface area (Å²) in [6, 6.07) is 24.3. The van der Waals surface area contributed by atoms with Gasteiger partial charge in [0.05, 0.1) is 36.3 Å². The van der Waals surface area contributed by atoms with Gasteiger partial charge in [-0.1, -0.05) is 59.7 Å². The molecule has 0 fully saturated rings. The van der Waals surface area contributed by atoms with E-state index in [2.05, 4.69) is 24.7 Å². The number of nitrogens with zero attached hydrogens (tertiary/aromatic N) is 5. The fourth-order valence-electron chi connectivity index (χ4n) is 4.27. The summed E-state index contributed by atoms with van der Waals surface area (Å²) in [6.07, 6.45) is 1.97. The summed E-state index contributed by atoms with van der Waals surface area (Å²) in [5, 5.41) is 4.51. The first-order valence-corrected chi connectivity index (χ1v) is 13.0. The van der Waals surface area contributed by atoms with E-state index in [1.807, 2.05) is 60.7 Å². The first-order chi connectivity index (χ1) is 20.4. The van der Waals surface area contributed by atoms with Crippen LogP contribution in [0.1, 0.15) is 51.5 Å². The lowest BCUT2D eigenvalue weighted by atomic mass is 9.97. The van der Waals surface area contributed by atoms with Gasteiger partial charge in [-0.15, -0.1) is 0 Å². The molecule has 0 spiro atoms. The Morgan fingerprint density at radius 3 is 2.50 bits per heavy atom. The van der Waals surface area contributed by atoms with Gasteiger partial charge in [-0.25, -0.2) is 4.99 Å². The van der Waals surface area contributed by atoms with Crippen molar-refractivity contribution in [2.24, 2.45) is 15.8 Å². The zero-order valence-electron chi connectivity index (χ0n) is 22.8. The average molecular weight is 565 g/mol. The molecule has 1 aromatic heterocycles. The number of pyridine rings is 1. The largest absolute Gasteiger partial charge is 0.488 e. The summed E-state index contributed by atoms with van der Waals surface area (Å²) in [7, 11) is 1.32. The highest BCUT2D eigenvalue weighted by Crippen LogP contribution is 2.26. The molecule has 1 atom stereocenters. The van der Waals surface area contributed by atoms with Gasteiger partial charge < -0.3 is 15.2 Å². The van der Waals surface area contributed by atoms with Crippen LogP contribution < -0.4 is 10.5 Å². The molecular formula is C31H28N6O5. The Kier molecular flexibility index (Phi) is 9.95. The van der Waals surface area contributed by atoms with Crippen molar-refractivity contribution in [2.75, 3.05) is 7.11 Å². The Bertz CT molecular complexity index is 1680. The number of ether oxygens (including phenoxy) is 2. The molecule has 0 saturated heterocycles. The first kappa shape index (κ1) is 29.4. The van der Waals surface area contributed by atoms with Gasteiger partial charge in [-0.3, -0.25) is 19.4 Å². The number of azide groups is 1. The molecule has 2 amide bonds. The van der Waals surface area contributed by atoms with E-state index in [-0.39, 0.29) is 18.3 Å². The van der Waals surface area contributed by atoms with Gasteiger partial charge in [0.15, 0.2) is 0 Å². The van der Waals surface area contributed by atoms with E-state index in [1.54, 1.807) is 18.2 Å². The third-order valence-electron chi connectivity index (χ3n) is 6.53. The smallest absolute Gasteiger partial charge is 0.305 e. The predicted molar refractivity (Wildman–Crippen MR) is 157 cm³/mol.